The first-order valence-electron chi connectivity index (χ1n) is 7.14. The second-order valence-corrected chi connectivity index (χ2v) is 6.78. The first kappa shape index (κ1) is 19.2. The molecule has 0 bridgehead atoms. The Kier molecular flexibility index (Phi) is 5.98. The van der Waals surface area contributed by atoms with Gasteiger partial charge in [-0.15, -0.1) is 0 Å². The van der Waals surface area contributed by atoms with Gasteiger partial charge in [-0.2, -0.15) is 8.42 Å². The molecule has 0 amide bonds. The monoisotopic (exact) mass is 371 g/mol. The lowest BCUT2D eigenvalue weighted by atomic mass is 10.1. The van der Waals surface area contributed by atoms with Gasteiger partial charge in [-0.05, 0) is 24.6 Å². The standard InChI is InChI=1S/C14H17N3O7S/c1-8-4-6-9(7-5-8)25(19,20)24-12-10(16-17-15)11(13(18)21-2)23-14(12)22-3/h4-7,10-12,14H,1-3H3/t10-,11-,12+,14+/m0/s1. The maximum atomic E-state index is 12.5. The summed E-state index contributed by atoms with van der Waals surface area (Å²) in [6.07, 6.45) is -3.93. The molecule has 0 radical (unpaired) electrons. The molecular weight excluding hydrogens is 354 g/mol. The smallest absolute Gasteiger partial charge is 0.335 e. The van der Waals surface area contributed by atoms with Crippen molar-refractivity contribution >= 4 is 16.1 Å². The van der Waals surface area contributed by atoms with Crippen molar-refractivity contribution in [3.05, 3.63) is 40.3 Å². The average Bonchev–Trinajstić information content (AvgIpc) is 2.92. The summed E-state index contributed by atoms with van der Waals surface area (Å²) >= 11 is 0. The van der Waals surface area contributed by atoms with Crippen molar-refractivity contribution in [3.8, 4) is 0 Å². The van der Waals surface area contributed by atoms with Crippen LogP contribution in [0.25, 0.3) is 10.4 Å². The number of methoxy groups -OCH3 is 2. The predicted molar refractivity (Wildman–Crippen MR) is 83.9 cm³/mol. The molecule has 1 aromatic carbocycles. The van der Waals surface area contributed by atoms with Crippen LogP contribution in [0.1, 0.15) is 5.56 Å². The van der Waals surface area contributed by atoms with Crippen molar-refractivity contribution in [2.75, 3.05) is 14.2 Å². The topological polar surface area (TPSA) is 137 Å². The van der Waals surface area contributed by atoms with Gasteiger partial charge in [0.05, 0.1) is 12.0 Å². The van der Waals surface area contributed by atoms with Crippen molar-refractivity contribution in [1.29, 1.82) is 0 Å². The summed E-state index contributed by atoms with van der Waals surface area (Å²) in [5, 5.41) is 3.43. The molecule has 1 aliphatic rings. The minimum atomic E-state index is -4.21. The first-order chi connectivity index (χ1) is 11.8. The molecule has 1 heterocycles. The van der Waals surface area contributed by atoms with Crippen LogP contribution in [0.2, 0.25) is 0 Å². The van der Waals surface area contributed by atoms with E-state index in [1.54, 1.807) is 12.1 Å². The summed E-state index contributed by atoms with van der Waals surface area (Å²) in [6.45, 7) is 1.81. The van der Waals surface area contributed by atoms with Crippen LogP contribution < -0.4 is 0 Å². The number of ether oxygens (including phenoxy) is 3. The van der Waals surface area contributed by atoms with Gasteiger partial charge < -0.3 is 14.2 Å². The number of aryl methyl sites for hydroxylation is 1. The van der Waals surface area contributed by atoms with Crippen LogP contribution in [0, 0.1) is 6.92 Å². The third-order valence-electron chi connectivity index (χ3n) is 3.59. The fourth-order valence-electron chi connectivity index (χ4n) is 2.33. The summed E-state index contributed by atoms with van der Waals surface area (Å²) in [5.74, 6) is -0.835. The largest absolute Gasteiger partial charge is 0.467 e. The van der Waals surface area contributed by atoms with Crippen LogP contribution in [0.15, 0.2) is 34.3 Å². The molecule has 25 heavy (non-hydrogen) atoms. The zero-order valence-electron chi connectivity index (χ0n) is 13.7. The lowest BCUT2D eigenvalue weighted by Crippen LogP contribution is -2.38. The van der Waals surface area contributed by atoms with E-state index in [-0.39, 0.29) is 4.90 Å². The number of hydrogen-bond acceptors (Lipinski definition) is 8. The summed E-state index contributed by atoms with van der Waals surface area (Å²) in [7, 11) is -1.84. The Hall–Kier alpha value is -2.17. The molecule has 1 fully saturated rings. The molecule has 4 atom stereocenters. The minimum absolute atomic E-state index is 0.0887. The fraction of sp³-hybridized carbons (Fsp3) is 0.500. The average molecular weight is 371 g/mol. The van der Waals surface area contributed by atoms with Gasteiger partial charge >= 0.3 is 5.97 Å². The molecule has 0 spiro atoms. The first-order valence-corrected chi connectivity index (χ1v) is 8.55. The molecule has 0 saturated carbocycles. The molecule has 136 valence electrons. The van der Waals surface area contributed by atoms with E-state index in [0.717, 1.165) is 12.7 Å². The van der Waals surface area contributed by atoms with Gasteiger partial charge in [0.2, 0.25) is 0 Å². The lowest BCUT2D eigenvalue weighted by Gasteiger charge is -2.19. The molecule has 1 aliphatic heterocycles. The molecule has 11 heteroatoms. The Morgan fingerprint density at radius 1 is 1.28 bits per heavy atom. The van der Waals surface area contributed by atoms with Crippen molar-refractivity contribution < 1.29 is 31.6 Å². The van der Waals surface area contributed by atoms with Crippen LogP contribution in [-0.2, 0) is 33.3 Å². The highest BCUT2D eigenvalue weighted by Crippen LogP contribution is 2.31. The van der Waals surface area contributed by atoms with Crippen LogP contribution in [0.3, 0.4) is 0 Å². The summed E-state index contributed by atoms with van der Waals surface area (Å²) in [5.41, 5.74) is 9.60. The number of benzene rings is 1. The predicted octanol–water partition coefficient (Wildman–Crippen LogP) is 1.29. The van der Waals surface area contributed by atoms with Gasteiger partial charge in [0.25, 0.3) is 10.1 Å². The van der Waals surface area contributed by atoms with E-state index in [1.807, 2.05) is 6.92 Å². The Labute approximate surface area is 144 Å². The van der Waals surface area contributed by atoms with Gasteiger partial charge in [0.15, 0.2) is 12.4 Å². The van der Waals surface area contributed by atoms with Gasteiger partial charge in [-0.3, -0.25) is 4.18 Å². The van der Waals surface area contributed by atoms with Gasteiger partial charge in [-0.1, -0.05) is 22.8 Å². The van der Waals surface area contributed by atoms with Gasteiger partial charge in [0, 0.05) is 12.0 Å². The highest BCUT2D eigenvalue weighted by molar-refractivity contribution is 7.86. The Balaban J connectivity index is 2.34. The quantitative estimate of drug-likeness (QED) is 0.241. The molecule has 0 unspecified atom stereocenters. The van der Waals surface area contributed by atoms with Crippen molar-refractivity contribution in [1.82, 2.24) is 0 Å². The number of azide groups is 1. The number of carbonyl (C=O) groups is 1. The van der Waals surface area contributed by atoms with E-state index < -0.39 is 40.6 Å². The third-order valence-corrected chi connectivity index (χ3v) is 4.92. The maximum Gasteiger partial charge on any atom is 0.335 e. The maximum absolute atomic E-state index is 12.5. The van der Waals surface area contributed by atoms with Gasteiger partial charge in [0.1, 0.15) is 12.1 Å². The fourth-order valence-corrected chi connectivity index (χ4v) is 3.41. The normalized spacial score (nSPS) is 26.0. The number of rotatable bonds is 6. The molecule has 0 aromatic heterocycles. The third kappa shape index (κ3) is 4.09. The zero-order chi connectivity index (χ0) is 18.6. The molecule has 1 saturated heterocycles. The van der Waals surface area contributed by atoms with Crippen LogP contribution in [0.4, 0.5) is 0 Å². The minimum Gasteiger partial charge on any atom is -0.467 e. The van der Waals surface area contributed by atoms with Crippen molar-refractivity contribution in [2.24, 2.45) is 5.11 Å². The highest BCUT2D eigenvalue weighted by atomic mass is 32.2. The Morgan fingerprint density at radius 2 is 1.92 bits per heavy atom. The van der Waals surface area contributed by atoms with E-state index in [4.69, 9.17) is 19.2 Å². The number of carbonyl (C=O) groups excluding carboxylic acids is 1. The molecule has 0 aliphatic carbocycles. The van der Waals surface area contributed by atoms with Gasteiger partial charge in [-0.25, -0.2) is 4.79 Å². The number of nitrogens with zero attached hydrogens (tertiary/aromatic N) is 3. The molecule has 1 aromatic rings. The molecule has 10 nitrogen and oxygen atoms in total. The highest BCUT2D eigenvalue weighted by Gasteiger charge is 2.51. The molecule has 0 N–H and O–H groups in total. The van der Waals surface area contributed by atoms with Crippen molar-refractivity contribution in [3.63, 3.8) is 0 Å². The van der Waals surface area contributed by atoms with E-state index in [0.29, 0.717) is 0 Å². The lowest BCUT2D eigenvalue weighted by molar-refractivity contribution is -0.172. The second-order valence-electron chi connectivity index (χ2n) is 5.21. The molecular formula is C14H17N3O7S. The van der Waals surface area contributed by atoms with E-state index >= 15 is 0 Å². The van der Waals surface area contributed by atoms with E-state index in [9.17, 15) is 13.2 Å². The SMILES string of the molecule is COC(=O)[C@H]1O[C@@H](OC)[C@H](OS(=O)(=O)c2ccc(C)cc2)[C@H]1N=[N+]=[N-]. The number of esters is 1. The second kappa shape index (κ2) is 7.81. The van der Waals surface area contributed by atoms with Crippen LogP contribution in [0.5, 0.6) is 0 Å². The summed E-state index contributed by atoms with van der Waals surface area (Å²) in [4.78, 5) is 14.3. The zero-order valence-corrected chi connectivity index (χ0v) is 14.5. The van der Waals surface area contributed by atoms with Crippen LogP contribution in [-0.4, -0.2) is 53.1 Å². The summed E-state index contributed by atoms with van der Waals surface area (Å²) < 4.78 is 45.0. The number of hydrogen-bond donors (Lipinski definition) is 0. The molecule has 2 rings (SSSR count). The Morgan fingerprint density at radius 3 is 2.44 bits per heavy atom. The van der Waals surface area contributed by atoms with Crippen molar-refractivity contribution in [2.45, 2.75) is 36.4 Å². The van der Waals surface area contributed by atoms with E-state index in [2.05, 4.69) is 14.8 Å². The van der Waals surface area contributed by atoms with Crippen LogP contribution >= 0.6 is 0 Å². The van der Waals surface area contributed by atoms with E-state index in [1.165, 1.54) is 19.2 Å². The summed E-state index contributed by atoms with van der Waals surface area (Å²) in [6, 6.07) is 4.70. The Bertz CT molecular complexity index is 774.